The van der Waals surface area contributed by atoms with Gasteiger partial charge in [-0.2, -0.15) is 5.10 Å². The van der Waals surface area contributed by atoms with Crippen LogP contribution in [0.4, 0.5) is 0 Å². The van der Waals surface area contributed by atoms with Gasteiger partial charge in [0.15, 0.2) is 0 Å². The molecule has 0 unspecified atom stereocenters. The molecule has 0 aliphatic carbocycles. The van der Waals surface area contributed by atoms with E-state index in [1.165, 1.54) is 10.2 Å². The Hall–Kier alpha value is -1.77. The van der Waals surface area contributed by atoms with Gasteiger partial charge in [0, 0.05) is 18.7 Å². The molecule has 0 bridgehead atoms. The minimum absolute atomic E-state index is 0.182. The normalized spacial score (nSPS) is 10.4. The van der Waals surface area contributed by atoms with E-state index in [0.29, 0.717) is 0 Å². The van der Waals surface area contributed by atoms with Gasteiger partial charge in [0.2, 0.25) is 5.88 Å². The van der Waals surface area contributed by atoms with Crippen LogP contribution >= 0.6 is 0 Å². The summed E-state index contributed by atoms with van der Waals surface area (Å²) in [4.78, 5) is 0. The van der Waals surface area contributed by atoms with Gasteiger partial charge in [0.25, 0.3) is 0 Å². The molecule has 0 fully saturated rings. The molecule has 0 aliphatic rings. The second kappa shape index (κ2) is 3.18. The molecule has 0 saturated heterocycles. The lowest BCUT2D eigenvalue weighted by atomic mass is 10.1. The average Bonchev–Trinajstić information content (AvgIpc) is 2.47. The Morgan fingerprint density at radius 1 is 1.29 bits per heavy atom. The second-order valence-electron chi connectivity index (χ2n) is 3.38. The first kappa shape index (κ1) is 8.81. The van der Waals surface area contributed by atoms with Gasteiger partial charge in [-0.1, -0.05) is 23.8 Å². The fraction of sp³-hybridized carbons (Fsp3) is 0.182. The van der Waals surface area contributed by atoms with Crippen LogP contribution in [0, 0.1) is 6.92 Å². The maximum Gasteiger partial charge on any atom is 0.209 e. The zero-order chi connectivity index (χ0) is 10.1. The summed E-state index contributed by atoms with van der Waals surface area (Å²) in [5.74, 6) is 0.182. The first-order valence-corrected chi connectivity index (χ1v) is 4.47. The van der Waals surface area contributed by atoms with Gasteiger partial charge in [0.05, 0.1) is 5.69 Å². The van der Waals surface area contributed by atoms with E-state index < -0.39 is 0 Å². The zero-order valence-corrected chi connectivity index (χ0v) is 8.23. The highest BCUT2D eigenvalue weighted by Gasteiger charge is 2.05. The van der Waals surface area contributed by atoms with Gasteiger partial charge in [-0.15, -0.1) is 0 Å². The number of hydrogen-bond donors (Lipinski definition) is 1. The summed E-state index contributed by atoms with van der Waals surface area (Å²) in [5, 5.41) is 13.6. The number of aromatic hydroxyl groups is 1. The molecule has 0 spiro atoms. The summed E-state index contributed by atoms with van der Waals surface area (Å²) in [5.41, 5.74) is 3.02. The Kier molecular flexibility index (Phi) is 2.00. The molecule has 1 N–H and O–H groups in total. The van der Waals surface area contributed by atoms with Crippen molar-refractivity contribution >= 4 is 0 Å². The highest BCUT2D eigenvalue weighted by atomic mass is 16.3. The number of rotatable bonds is 1. The smallest absolute Gasteiger partial charge is 0.209 e. The summed E-state index contributed by atoms with van der Waals surface area (Å²) in [6.07, 6.45) is 0. The third-order valence-corrected chi connectivity index (χ3v) is 2.17. The molecule has 14 heavy (non-hydrogen) atoms. The van der Waals surface area contributed by atoms with Crippen molar-refractivity contribution in [3.63, 3.8) is 0 Å². The number of benzene rings is 1. The zero-order valence-electron chi connectivity index (χ0n) is 8.23. The van der Waals surface area contributed by atoms with Crippen molar-refractivity contribution in [2.24, 2.45) is 7.05 Å². The first-order chi connectivity index (χ1) is 6.66. The lowest BCUT2D eigenvalue weighted by Gasteiger charge is -1.97. The van der Waals surface area contributed by atoms with E-state index in [1.807, 2.05) is 31.2 Å². The summed E-state index contributed by atoms with van der Waals surface area (Å²) < 4.78 is 1.46. The van der Waals surface area contributed by atoms with Crippen molar-refractivity contribution < 1.29 is 5.11 Å². The Morgan fingerprint density at radius 3 is 2.64 bits per heavy atom. The molecular weight excluding hydrogens is 176 g/mol. The fourth-order valence-corrected chi connectivity index (χ4v) is 1.40. The quantitative estimate of drug-likeness (QED) is 0.744. The molecule has 1 aromatic heterocycles. The van der Waals surface area contributed by atoms with Crippen LogP contribution in [-0.4, -0.2) is 14.9 Å². The summed E-state index contributed by atoms with van der Waals surface area (Å²) >= 11 is 0. The molecular formula is C11H12N2O. The summed E-state index contributed by atoms with van der Waals surface area (Å²) in [6.45, 7) is 2.03. The minimum atomic E-state index is 0.182. The van der Waals surface area contributed by atoms with E-state index in [-0.39, 0.29) is 5.88 Å². The molecule has 0 aliphatic heterocycles. The Labute approximate surface area is 82.6 Å². The molecule has 3 heteroatoms. The maximum atomic E-state index is 9.37. The van der Waals surface area contributed by atoms with Crippen molar-refractivity contribution in [1.82, 2.24) is 9.78 Å². The van der Waals surface area contributed by atoms with Gasteiger partial charge in [-0.3, -0.25) is 0 Å². The van der Waals surface area contributed by atoms with Crippen molar-refractivity contribution in [2.45, 2.75) is 6.92 Å². The van der Waals surface area contributed by atoms with Crippen molar-refractivity contribution in [3.8, 4) is 17.1 Å². The molecule has 2 aromatic rings. The van der Waals surface area contributed by atoms with E-state index in [2.05, 4.69) is 5.10 Å². The van der Waals surface area contributed by atoms with E-state index in [4.69, 9.17) is 0 Å². The van der Waals surface area contributed by atoms with Crippen LogP contribution in [-0.2, 0) is 7.05 Å². The molecule has 72 valence electrons. The average molecular weight is 188 g/mol. The van der Waals surface area contributed by atoms with Crippen LogP contribution in [0.3, 0.4) is 0 Å². The van der Waals surface area contributed by atoms with Gasteiger partial charge in [-0.05, 0) is 13.0 Å². The van der Waals surface area contributed by atoms with Crippen LogP contribution in [0.5, 0.6) is 5.88 Å². The number of nitrogens with zero attached hydrogens (tertiary/aromatic N) is 2. The third-order valence-electron chi connectivity index (χ3n) is 2.17. The molecule has 0 radical (unpaired) electrons. The van der Waals surface area contributed by atoms with E-state index >= 15 is 0 Å². The highest BCUT2D eigenvalue weighted by Crippen LogP contribution is 2.22. The van der Waals surface area contributed by atoms with Crippen LogP contribution in [0.1, 0.15) is 5.56 Å². The lowest BCUT2D eigenvalue weighted by molar-refractivity contribution is 0.419. The van der Waals surface area contributed by atoms with E-state index in [9.17, 15) is 5.11 Å². The monoisotopic (exact) mass is 188 g/mol. The Morgan fingerprint density at radius 2 is 2.07 bits per heavy atom. The molecule has 0 atom stereocenters. The van der Waals surface area contributed by atoms with E-state index in [0.717, 1.165) is 11.3 Å². The lowest BCUT2D eigenvalue weighted by Crippen LogP contribution is -1.89. The molecule has 3 nitrogen and oxygen atoms in total. The number of aryl methyl sites for hydroxylation is 2. The maximum absolute atomic E-state index is 9.37. The van der Waals surface area contributed by atoms with Crippen molar-refractivity contribution in [3.05, 3.63) is 35.9 Å². The molecule has 1 heterocycles. The SMILES string of the molecule is Cc1cccc(-c2cc(O)n(C)n2)c1. The summed E-state index contributed by atoms with van der Waals surface area (Å²) in [6, 6.07) is 9.70. The summed E-state index contributed by atoms with van der Waals surface area (Å²) in [7, 11) is 1.72. The predicted molar refractivity (Wildman–Crippen MR) is 55.0 cm³/mol. The van der Waals surface area contributed by atoms with Crippen LogP contribution in [0.25, 0.3) is 11.3 Å². The molecule has 0 saturated carbocycles. The third kappa shape index (κ3) is 1.48. The molecule has 2 rings (SSSR count). The number of aromatic nitrogens is 2. The van der Waals surface area contributed by atoms with E-state index in [1.54, 1.807) is 13.1 Å². The highest BCUT2D eigenvalue weighted by molar-refractivity contribution is 5.60. The van der Waals surface area contributed by atoms with Crippen LogP contribution in [0.2, 0.25) is 0 Å². The standard InChI is InChI=1S/C11H12N2O/c1-8-4-3-5-9(6-8)10-7-11(14)13(2)12-10/h3-7,14H,1-2H3. The van der Waals surface area contributed by atoms with Crippen molar-refractivity contribution in [2.75, 3.05) is 0 Å². The Bertz CT molecular complexity index is 441. The number of hydrogen-bond acceptors (Lipinski definition) is 2. The van der Waals surface area contributed by atoms with Gasteiger partial charge < -0.3 is 5.11 Å². The molecule has 0 amide bonds. The van der Waals surface area contributed by atoms with Crippen LogP contribution in [0.15, 0.2) is 30.3 Å². The Balaban J connectivity index is 2.49. The predicted octanol–water partition coefficient (Wildman–Crippen LogP) is 2.10. The largest absolute Gasteiger partial charge is 0.493 e. The van der Waals surface area contributed by atoms with Gasteiger partial charge >= 0.3 is 0 Å². The minimum Gasteiger partial charge on any atom is -0.493 e. The fourth-order valence-electron chi connectivity index (χ4n) is 1.40. The first-order valence-electron chi connectivity index (χ1n) is 4.47. The topological polar surface area (TPSA) is 38.0 Å². The molecule has 1 aromatic carbocycles. The van der Waals surface area contributed by atoms with Crippen molar-refractivity contribution in [1.29, 1.82) is 0 Å². The van der Waals surface area contributed by atoms with Gasteiger partial charge in [0.1, 0.15) is 0 Å². The van der Waals surface area contributed by atoms with Gasteiger partial charge in [-0.25, -0.2) is 4.68 Å². The van der Waals surface area contributed by atoms with Crippen LogP contribution < -0.4 is 0 Å². The second-order valence-corrected chi connectivity index (χ2v) is 3.38.